The van der Waals surface area contributed by atoms with Crippen molar-refractivity contribution in [2.24, 2.45) is 23.3 Å². The molecule has 12 nitrogen and oxygen atoms in total. The van der Waals surface area contributed by atoms with Crippen LogP contribution < -0.4 is 11.5 Å². The summed E-state index contributed by atoms with van der Waals surface area (Å²) in [6.45, 7) is 14.6. The number of amides is 2. The third kappa shape index (κ3) is 8.22. The lowest BCUT2D eigenvalue weighted by Gasteiger charge is -2.55. The van der Waals surface area contributed by atoms with E-state index in [-0.39, 0.29) is 24.7 Å². The van der Waals surface area contributed by atoms with Crippen LogP contribution in [-0.4, -0.2) is 144 Å². The zero-order valence-corrected chi connectivity index (χ0v) is 31.3. The number of aliphatic carboxylic acids is 2. The SMILES string of the molecule is NC(=O)C[N+]12CC[N+](Cc3cc(C[N+]45CC[N+](CC(N)=O)(CC4)CC5)cc(-c4ccc(C[C@@H](C(=O)O)[C@@H](Cc5ccccc5)C(=O)O)cc4)c3)(CC1)CC2. The highest BCUT2D eigenvalue weighted by Crippen LogP contribution is 2.34. The standard InChI is InChI=1S/C42H52N6O6/c43-39(49)29-47-16-10-45(11-17-47,12-18-47)27-33-22-34(28-46-13-19-48(20-14-46,21-15-46)30-40(44)50)24-36(23-33)35-8-6-32(7-9-35)26-38(42(53)54)37(41(51)52)25-31-4-2-1-3-5-31/h1-9,22-24,37-38H,10-21,25-30H2,(H2-4,43,44,49,50,51,52,53,54)/p+4/t37-,38-,45?,46?,47?,48?/m1/s1. The number of nitrogens with zero attached hydrogens (tertiary/aromatic N) is 4. The van der Waals surface area contributed by atoms with Crippen LogP contribution in [0.2, 0.25) is 0 Å². The van der Waals surface area contributed by atoms with Crippen LogP contribution in [0.3, 0.4) is 0 Å². The second-order valence-corrected chi connectivity index (χ2v) is 17.1. The van der Waals surface area contributed by atoms with E-state index in [2.05, 4.69) is 18.2 Å². The molecular weight excluding hydrogens is 684 g/mol. The van der Waals surface area contributed by atoms with Crippen LogP contribution >= 0.6 is 0 Å². The highest BCUT2D eigenvalue weighted by atomic mass is 16.4. The van der Waals surface area contributed by atoms with Crippen molar-refractivity contribution in [3.05, 3.63) is 95.1 Å². The van der Waals surface area contributed by atoms with E-state index >= 15 is 0 Å². The first-order chi connectivity index (χ1) is 25.8. The fraction of sp³-hybridized carbons (Fsp3) is 0.476. The highest BCUT2D eigenvalue weighted by molar-refractivity contribution is 5.80. The topological polar surface area (TPSA) is 161 Å². The van der Waals surface area contributed by atoms with E-state index in [0.717, 1.165) is 132 Å². The van der Waals surface area contributed by atoms with E-state index < -0.39 is 23.8 Å². The maximum absolute atomic E-state index is 12.5. The Hall–Kier alpha value is -4.62. The largest absolute Gasteiger partial charge is 0.481 e. The summed E-state index contributed by atoms with van der Waals surface area (Å²) in [4.78, 5) is 48.5. The summed E-state index contributed by atoms with van der Waals surface area (Å²) in [7, 11) is 0. The minimum absolute atomic E-state index is 0.121. The van der Waals surface area contributed by atoms with Crippen molar-refractivity contribution < 1.29 is 47.3 Å². The summed E-state index contributed by atoms with van der Waals surface area (Å²) in [5.74, 6) is -4.79. The molecule has 6 fully saturated rings. The highest BCUT2D eigenvalue weighted by Gasteiger charge is 2.51. The average Bonchev–Trinajstić information content (AvgIpc) is 3.14. The average molecular weight is 741 g/mol. The van der Waals surface area contributed by atoms with Crippen LogP contribution in [0.1, 0.15) is 22.3 Å². The normalized spacial score (nSPS) is 28.3. The molecule has 9 rings (SSSR count). The van der Waals surface area contributed by atoms with Crippen LogP contribution in [0, 0.1) is 11.8 Å². The van der Waals surface area contributed by atoms with Gasteiger partial charge in [0.05, 0.1) is 11.8 Å². The molecule has 12 heteroatoms. The van der Waals surface area contributed by atoms with E-state index in [4.69, 9.17) is 11.5 Å². The first-order valence-corrected chi connectivity index (χ1v) is 19.5. The molecule has 6 heterocycles. The number of primary amides is 2. The molecule has 0 aliphatic carbocycles. The monoisotopic (exact) mass is 740 g/mol. The van der Waals surface area contributed by atoms with Crippen molar-refractivity contribution in [1.29, 1.82) is 0 Å². The molecule has 4 bridgehead atoms. The van der Waals surface area contributed by atoms with Crippen molar-refractivity contribution in [1.82, 2.24) is 0 Å². The van der Waals surface area contributed by atoms with Gasteiger partial charge in [0, 0.05) is 11.1 Å². The third-order valence-electron chi connectivity index (χ3n) is 13.5. The van der Waals surface area contributed by atoms with Crippen molar-refractivity contribution in [2.75, 3.05) is 91.6 Å². The fourth-order valence-electron chi connectivity index (χ4n) is 10.1. The van der Waals surface area contributed by atoms with E-state index in [9.17, 15) is 29.4 Å². The van der Waals surface area contributed by atoms with Crippen molar-refractivity contribution in [3.8, 4) is 11.1 Å². The number of nitrogens with two attached hydrogens (primary N) is 2. The number of carboxylic acids is 2. The number of benzene rings is 3. The molecule has 6 aliphatic rings. The lowest BCUT2D eigenvalue weighted by atomic mass is 9.82. The molecule has 286 valence electrons. The number of fused-ring (bicyclic) bond motifs is 6. The first kappa shape index (κ1) is 37.7. The lowest BCUT2D eigenvalue weighted by molar-refractivity contribution is -1.08. The van der Waals surface area contributed by atoms with Gasteiger partial charge in [-0.05, 0) is 53.3 Å². The maximum atomic E-state index is 12.5. The smallest absolute Gasteiger partial charge is 0.307 e. The summed E-state index contributed by atoms with van der Waals surface area (Å²) in [6.07, 6.45) is 0.271. The Morgan fingerprint density at radius 3 is 1.22 bits per heavy atom. The van der Waals surface area contributed by atoms with Gasteiger partial charge in [0.1, 0.15) is 91.6 Å². The Morgan fingerprint density at radius 1 is 0.481 bits per heavy atom. The Kier molecular flexibility index (Phi) is 10.4. The van der Waals surface area contributed by atoms with Gasteiger partial charge in [-0.1, -0.05) is 54.6 Å². The molecule has 0 spiro atoms. The molecule has 2 atom stereocenters. The molecule has 6 aliphatic heterocycles. The van der Waals surface area contributed by atoms with Gasteiger partial charge in [0.2, 0.25) is 0 Å². The Balaban J connectivity index is 1.13. The van der Waals surface area contributed by atoms with Crippen LogP contribution in [-0.2, 0) is 45.1 Å². The van der Waals surface area contributed by atoms with E-state index in [1.165, 1.54) is 11.1 Å². The van der Waals surface area contributed by atoms with Crippen molar-refractivity contribution in [2.45, 2.75) is 25.9 Å². The number of quaternary nitrogens is 4. The molecule has 6 saturated heterocycles. The molecule has 2 amide bonds. The van der Waals surface area contributed by atoms with Gasteiger partial charge in [-0.3, -0.25) is 19.2 Å². The number of carbonyl (C=O) groups is 4. The van der Waals surface area contributed by atoms with Crippen LogP contribution in [0.4, 0.5) is 0 Å². The summed E-state index contributed by atoms with van der Waals surface area (Å²) >= 11 is 0. The lowest BCUT2D eigenvalue weighted by Crippen LogP contribution is -2.75. The molecular formula is C42H56N6O6+4. The Bertz CT molecular complexity index is 1780. The predicted octanol–water partition coefficient (Wildman–Crippen LogP) is 1.83. The number of hydrogen-bond donors (Lipinski definition) is 4. The zero-order valence-electron chi connectivity index (χ0n) is 31.3. The number of piperazine rings is 6. The molecule has 0 unspecified atom stereocenters. The molecule has 54 heavy (non-hydrogen) atoms. The Morgan fingerprint density at radius 2 is 0.852 bits per heavy atom. The third-order valence-corrected chi connectivity index (χ3v) is 13.5. The summed E-state index contributed by atoms with van der Waals surface area (Å²) in [5, 5.41) is 20.3. The first-order valence-electron chi connectivity index (χ1n) is 19.5. The van der Waals surface area contributed by atoms with Gasteiger partial charge in [-0.25, -0.2) is 0 Å². The van der Waals surface area contributed by atoms with Gasteiger partial charge in [0.25, 0.3) is 11.8 Å². The van der Waals surface area contributed by atoms with Gasteiger partial charge in [-0.2, -0.15) is 0 Å². The van der Waals surface area contributed by atoms with Crippen molar-refractivity contribution >= 4 is 23.8 Å². The van der Waals surface area contributed by atoms with E-state index in [1.807, 2.05) is 54.6 Å². The number of carboxylic acid groups (broad SMARTS) is 2. The van der Waals surface area contributed by atoms with Gasteiger partial charge < -0.3 is 39.6 Å². The second kappa shape index (κ2) is 14.9. The van der Waals surface area contributed by atoms with Gasteiger partial charge in [0.15, 0.2) is 13.1 Å². The Labute approximate surface area is 317 Å². The molecule has 3 aromatic rings. The van der Waals surface area contributed by atoms with Crippen molar-refractivity contribution in [3.63, 3.8) is 0 Å². The summed E-state index contributed by atoms with van der Waals surface area (Å²) in [5.41, 5.74) is 17.6. The minimum atomic E-state index is -1.11. The minimum Gasteiger partial charge on any atom is -0.481 e. The molecule has 0 aromatic heterocycles. The van der Waals surface area contributed by atoms with E-state index in [1.54, 1.807) is 0 Å². The van der Waals surface area contributed by atoms with Gasteiger partial charge >= 0.3 is 11.9 Å². The molecule has 6 N–H and O–H groups in total. The quantitative estimate of drug-likeness (QED) is 0.164. The number of rotatable bonds is 16. The maximum Gasteiger partial charge on any atom is 0.307 e. The molecule has 0 radical (unpaired) electrons. The summed E-state index contributed by atoms with van der Waals surface area (Å²) < 4.78 is 3.64. The molecule has 3 aromatic carbocycles. The van der Waals surface area contributed by atoms with Gasteiger partial charge in [-0.15, -0.1) is 0 Å². The summed E-state index contributed by atoms with van der Waals surface area (Å²) in [6, 6.07) is 24.2. The number of hydrogen-bond acceptors (Lipinski definition) is 4. The van der Waals surface area contributed by atoms with Crippen LogP contribution in [0.5, 0.6) is 0 Å². The second-order valence-electron chi connectivity index (χ2n) is 17.1. The van der Waals surface area contributed by atoms with Crippen LogP contribution in [0.25, 0.3) is 11.1 Å². The predicted molar refractivity (Wildman–Crippen MR) is 203 cm³/mol. The van der Waals surface area contributed by atoms with E-state index in [0.29, 0.717) is 13.1 Å². The van der Waals surface area contributed by atoms with Crippen LogP contribution in [0.15, 0.2) is 72.8 Å². The zero-order chi connectivity index (χ0) is 38.1. The number of carbonyl (C=O) groups excluding carboxylic acids is 2. The fourth-order valence-corrected chi connectivity index (χ4v) is 10.1. The molecule has 0 saturated carbocycles.